The number of hydrogen-bond donors (Lipinski definition) is 1. The summed E-state index contributed by atoms with van der Waals surface area (Å²) in [6, 6.07) is -0.203. The maximum Gasteiger partial charge on any atom is 0.423 e. The van der Waals surface area contributed by atoms with Gasteiger partial charge in [-0.3, -0.25) is 4.79 Å². The monoisotopic (exact) mass is 213 g/mol. The van der Waals surface area contributed by atoms with Crippen LogP contribution in [0.4, 0.5) is 4.79 Å². The highest BCUT2D eigenvalue weighted by atomic mass is 16.6. The summed E-state index contributed by atoms with van der Waals surface area (Å²) < 4.78 is 10.4. The van der Waals surface area contributed by atoms with Crippen molar-refractivity contribution in [3.63, 3.8) is 0 Å². The zero-order valence-corrected chi connectivity index (χ0v) is 8.27. The Balaban J connectivity index is 1.77. The molecule has 6 nitrogen and oxygen atoms in total. The molecule has 15 heavy (non-hydrogen) atoms. The summed E-state index contributed by atoms with van der Waals surface area (Å²) in [5, 5.41) is 2.36. The highest BCUT2D eigenvalue weighted by Crippen LogP contribution is 2.25. The maximum absolute atomic E-state index is 11.8. The highest BCUT2D eigenvalue weighted by Gasteiger charge is 2.52. The van der Waals surface area contributed by atoms with E-state index in [4.69, 9.17) is 9.47 Å². The number of carbonyl (C=O) groups is 2. The molecule has 3 heterocycles. The summed E-state index contributed by atoms with van der Waals surface area (Å²) >= 11 is 0. The topological polar surface area (TPSA) is 71.2 Å². The van der Waals surface area contributed by atoms with Gasteiger partial charge in [0.1, 0.15) is 25.3 Å². The second-order valence-corrected chi connectivity index (χ2v) is 4.43. The average molecular weight is 213 g/mol. The van der Waals surface area contributed by atoms with Gasteiger partial charge in [0.2, 0.25) is 0 Å². The Kier molecular flexibility index (Phi) is 1.86. The lowest BCUT2D eigenvalue weighted by Gasteiger charge is -2.27. The summed E-state index contributed by atoms with van der Waals surface area (Å²) in [6.45, 7) is 2.83. The normalized spacial score (nSPS) is 42.9. The molecule has 3 aliphatic heterocycles. The van der Waals surface area contributed by atoms with Crippen molar-refractivity contribution in [3.05, 3.63) is 0 Å². The van der Waals surface area contributed by atoms with Gasteiger partial charge >= 0.3 is 6.03 Å². The molecule has 2 unspecified atom stereocenters. The molecule has 3 amide bonds. The molecule has 3 aliphatic rings. The van der Waals surface area contributed by atoms with E-state index in [1.165, 1.54) is 0 Å². The number of nitrogens with zero attached hydrogens (tertiary/aromatic N) is 1. The number of hydrogen-bond acceptors (Lipinski definition) is 4. The third kappa shape index (κ3) is 1.75. The lowest BCUT2D eigenvalue weighted by atomic mass is 10.3. The SMILES string of the molecule is O=C1C[N+](CC2CO2)(CC2CO2)C(=O)N1. The van der Waals surface area contributed by atoms with Crippen molar-refractivity contribution >= 4 is 11.9 Å². The summed E-state index contributed by atoms with van der Waals surface area (Å²) in [5.41, 5.74) is 0. The number of rotatable bonds is 4. The van der Waals surface area contributed by atoms with Gasteiger partial charge in [0.15, 0.2) is 6.54 Å². The number of nitrogens with one attached hydrogen (secondary N) is 1. The van der Waals surface area contributed by atoms with Gasteiger partial charge < -0.3 is 9.47 Å². The van der Waals surface area contributed by atoms with Crippen LogP contribution in [0.15, 0.2) is 0 Å². The molecular formula is C9H13N2O4+. The Morgan fingerprint density at radius 3 is 2.07 bits per heavy atom. The van der Waals surface area contributed by atoms with Gasteiger partial charge in [0, 0.05) is 0 Å². The van der Waals surface area contributed by atoms with E-state index in [2.05, 4.69) is 5.32 Å². The minimum atomic E-state index is -0.203. The first kappa shape index (κ1) is 9.26. The predicted octanol–water partition coefficient (Wildman–Crippen LogP) is -1.15. The number of quaternary nitrogens is 1. The molecule has 3 saturated heterocycles. The Morgan fingerprint density at radius 1 is 1.20 bits per heavy atom. The molecule has 0 spiro atoms. The number of ether oxygens (including phenoxy) is 2. The smallest absolute Gasteiger partial charge is 0.367 e. The molecule has 0 bridgehead atoms. The van der Waals surface area contributed by atoms with E-state index in [0.717, 1.165) is 0 Å². The van der Waals surface area contributed by atoms with Gasteiger partial charge in [-0.05, 0) is 0 Å². The molecule has 0 saturated carbocycles. The van der Waals surface area contributed by atoms with Crippen LogP contribution in [0.25, 0.3) is 0 Å². The maximum atomic E-state index is 11.8. The van der Waals surface area contributed by atoms with Crippen molar-refractivity contribution in [3.8, 4) is 0 Å². The fourth-order valence-corrected chi connectivity index (χ4v) is 2.12. The second kappa shape index (κ2) is 3.01. The second-order valence-electron chi connectivity index (χ2n) is 4.43. The van der Waals surface area contributed by atoms with Crippen LogP contribution >= 0.6 is 0 Å². The summed E-state index contributed by atoms with van der Waals surface area (Å²) in [7, 11) is 0. The Hall–Kier alpha value is -0.980. The fraction of sp³-hybridized carbons (Fsp3) is 0.778. The molecule has 3 rings (SSSR count). The van der Waals surface area contributed by atoms with Crippen molar-refractivity contribution in [2.45, 2.75) is 12.2 Å². The van der Waals surface area contributed by atoms with E-state index in [0.29, 0.717) is 26.3 Å². The van der Waals surface area contributed by atoms with E-state index in [1.54, 1.807) is 0 Å². The standard InChI is InChI=1S/C9H12N2O4/c12-8-3-11(9(13)10-8,1-6-4-14-6)2-7-5-15-7/h6-7H,1-5H2/p+1. The number of amides is 3. The minimum absolute atomic E-state index is 0.139. The quantitative estimate of drug-likeness (QED) is 0.363. The van der Waals surface area contributed by atoms with Crippen LogP contribution in [0.2, 0.25) is 0 Å². The first-order chi connectivity index (χ1) is 7.18. The molecule has 0 radical (unpaired) electrons. The van der Waals surface area contributed by atoms with Gasteiger partial charge in [-0.2, -0.15) is 0 Å². The molecule has 0 aromatic heterocycles. The first-order valence-corrected chi connectivity index (χ1v) is 5.12. The zero-order chi connectivity index (χ0) is 10.5. The van der Waals surface area contributed by atoms with Crippen molar-refractivity contribution in [1.29, 1.82) is 0 Å². The van der Waals surface area contributed by atoms with Crippen molar-refractivity contribution < 1.29 is 23.5 Å². The van der Waals surface area contributed by atoms with Crippen LogP contribution in [0.5, 0.6) is 0 Å². The van der Waals surface area contributed by atoms with Crippen LogP contribution in [0, 0.1) is 0 Å². The van der Waals surface area contributed by atoms with Crippen LogP contribution in [-0.4, -0.2) is 61.5 Å². The van der Waals surface area contributed by atoms with E-state index in [-0.39, 0.29) is 35.2 Å². The minimum Gasteiger partial charge on any atom is -0.367 e. The van der Waals surface area contributed by atoms with Crippen LogP contribution < -0.4 is 5.32 Å². The molecule has 0 aromatic carbocycles. The van der Waals surface area contributed by atoms with E-state index in [9.17, 15) is 9.59 Å². The van der Waals surface area contributed by atoms with Crippen LogP contribution in [-0.2, 0) is 14.3 Å². The summed E-state index contributed by atoms with van der Waals surface area (Å²) in [5.74, 6) is -0.193. The van der Waals surface area contributed by atoms with Crippen molar-refractivity contribution in [2.24, 2.45) is 0 Å². The summed E-state index contributed by atoms with van der Waals surface area (Å²) in [6.07, 6.45) is 0.279. The van der Waals surface area contributed by atoms with Crippen molar-refractivity contribution in [1.82, 2.24) is 5.32 Å². The first-order valence-electron chi connectivity index (χ1n) is 5.12. The fourth-order valence-electron chi connectivity index (χ4n) is 2.12. The molecule has 2 atom stereocenters. The van der Waals surface area contributed by atoms with Gasteiger partial charge in [0.05, 0.1) is 13.2 Å². The van der Waals surface area contributed by atoms with Crippen LogP contribution in [0.3, 0.4) is 0 Å². The predicted molar refractivity (Wildman–Crippen MR) is 47.9 cm³/mol. The third-order valence-electron chi connectivity index (χ3n) is 3.03. The Bertz CT molecular complexity index is 308. The van der Waals surface area contributed by atoms with E-state index < -0.39 is 0 Å². The van der Waals surface area contributed by atoms with Crippen molar-refractivity contribution in [2.75, 3.05) is 32.8 Å². The molecule has 0 aliphatic carbocycles. The highest BCUT2D eigenvalue weighted by molar-refractivity contribution is 5.97. The largest absolute Gasteiger partial charge is 0.423 e. The van der Waals surface area contributed by atoms with Gasteiger partial charge in [0.25, 0.3) is 5.91 Å². The molecule has 3 fully saturated rings. The van der Waals surface area contributed by atoms with Crippen LogP contribution in [0.1, 0.15) is 0 Å². The Morgan fingerprint density at radius 2 is 1.73 bits per heavy atom. The van der Waals surface area contributed by atoms with E-state index >= 15 is 0 Å². The molecular weight excluding hydrogens is 200 g/mol. The zero-order valence-electron chi connectivity index (χ0n) is 8.27. The average Bonchev–Trinajstić information content (AvgIpc) is 2.99. The number of imide groups is 1. The molecule has 1 N–H and O–H groups in total. The number of carbonyl (C=O) groups excluding carboxylic acids is 2. The van der Waals surface area contributed by atoms with Gasteiger partial charge in [-0.25, -0.2) is 14.6 Å². The Labute approximate surface area is 86.7 Å². The third-order valence-corrected chi connectivity index (χ3v) is 3.03. The lowest BCUT2D eigenvalue weighted by molar-refractivity contribution is -0.837. The lowest BCUT2D eigenvalue weighted by Crippen LogP contribution is -2.54. The van der Waals surface area contributed by atoms with Gasteiger partial charge in [-0.1, -0.05) is 0 Å². The molecule has 0 aromatic rings. The molecule has 82 valence electrons. The number of epoxide rings is 2. The molecule has 6 heteroatoms. The van der Waals surface area contributed by atoms with E-state index in [1.807, 2.05) is 0 Å². The number of urea groups is 1. The summed E-state index contributed by atoms with van der Waals surface area (Å²) in [4.78, 5) is 23.0. The van der Waals surface area contributed by atoms with Gasteiger partial charge in [-0.15, -0.1) is 0 Å².